The van der Waals surface area contributed by atoms with E-state index in [1.165, 1.54) is 11.8 Å². The number of hydrogen-bond acceptors (Lipinski definition) is 7. The van der Waals surface area contributed by atoms with Crippen molar-refractivity contribution in [1.29, 1.82) is 0 Å². The Labute approximate surface area is 237 Å². The summed E-state index contributed by atoms with van der Waals surface area (Å²) >= 11 is 1.43. The molecule has 12 heteroatoms. The fraction of sp³-hybridized carbons (Fsp3) is 0.393. The van der Waals surface area contributed by atoms with Crippen LogP contribution in [-0.4, -0.2) is 76.0 Å². The van der Waals surface area contributed by atoms with E-state index in [9.17, 15) is 29.1 Å². The van der Waals surface area contributed by atoms with E-state index in [1.807, 2.05) is 42.7 Å². The molecule has 4 atom stereocenters. The number of rotatable bonds is 17. The lowest BCUT2D eigenvalue weighted by molar-refractivity contribution is -0.143. The van der Waals surface area contributed by atoms with Crippen molar-refractivity contribution >= 4 is 41.4 Å². The fourth-order valence-electron chi connectivity index (χ4n) is 3.87. The van der Waals surface area contributed by atoms with Gasteiger partial charge < -0.3 is 31.9 Å². The second-order valence-corrected chi connectivity index (χ2v) is 10.2. The number of hydrogen-bond donors (Lipinski definition) is 6. The van der Waals surface area contributed by atoms with Crippen LogP contribution in [0.2, 0.25) is 0 Å². The molecule has 2 rings (SSSR count). The van der Waals surface area contributed by atoms with E-state index in [1.54, 1.807) is 24.3 Å². The Hall–Kier alpha value is -3.90. The van der Waals surface area contributed by atoms with Gasteiger partial charge >= 0.3 is 11.9 Å². The van der Waals surface area contributed by atoms with Crippen LogP contribution in [0.5, 0.6) is 0 Å². The van der Waals surface area contributed by atoms with Gasteiger partial charge in [-0.25, -0.2) is 4.79 Å². The van der Waals surface area contributed by atoms with Crippen molar-refractivity contribution in [1.82, 2.24) is 16.0 Å². The number of carboxylic acids is 2. The minimum absolute atomic E-state index is 0.129. The summed E-state index contributed by atoms with van der Waals surface area (Å²) < 4.78 is 0. The van der Waals surface area contributed by atoms with Crippen molar-refractivity contribution < 1.29 is 34.2 Å². The van der Waals surface area contributed by atoms with Crippen LogP contribution in [0.4, 0.5) is 0 Å². The van der Waals surface area contributed by atoms with Crippen molar-refractivity contribution in [2.24, 2.45) is 5.73 Å². The molecule has 7 N–H and O–H groups in total. The summed E-state index contributed by atoms with van der Waals surface area (Å²) in [5.41, 5.74) is 7.76. The molecule has 4 unspecified atom stereocenters. The molecule has 0 heterocycles. The molecular formula is C28H36N4O7S. The van der Waals surface area contributed by atoms with Crippen molar-refractivity contribution in [3.05, 3.63) is 71.8 Å². The molecule has 3 amide bonds. The molecule has 11 nitrogen and oxygen atoms in total. The van der Waals surface area contributed by atoms with E-state index in [4.69, 9.17) is 10.8 Å². The summed E-state index contributed by atoms with van der Waals surface area (Å²) in [7, 11) is 0. The highest BCUT2D eigenvalue weighted by Crippen LogP contribution is 2.09. The van der Waals surface area contributed by atoms with Gasteiger partial charge in [-0.3, -0.25) is 19.2 Å². The van der Waals surface area contributed by atoms with Crippen LogP contribution in [0.15, 0.2) is 60.7 Å². The van der Waals surface area contributed by atoms with Gasteiger partial charge in [-0.2, -0.15) is 11.8 Å². The van der Waals surface area contributed by atoms with Gasteiger partial charge in [0.15, 0.2) is 0 Å². The lowest BCUT2D eigenvalue weighted by atomic mass is 10.0. The van der Waals surface area contributed by atoms with Crippen LogP contribution < -0.4 is 21.7 Å². The number of amides is 3. The Bertz CT molecular complexity index is 1130. The summed E-state index contributed by atoms with van der Waals surface area (Å²) in [6, 6.07) is 13.7. The largest absolute Gasteiger partial charge is 0.481 e. The third kappa shape index (κ3) is 11.5. The van der Waals surface area contributed by atoms with Gasteiger partial charge in [0.05, 0.1) is 6.04 Å². The highest BCUT2D eigenvalue weighted by atomic mass is 32.2. The number of benzene rings is 2. The van der Waals surface area contributed by atoms with Gasteiger partial charge in [0.1, 0.15) is 18.1 Å². The second-order valence-electron chi connectivity index (χ2n) is 9.22. The molecule has 0 aliphatic heterocycles. The van der Waals surface area contributed by atoms with Gasteiger partial charge in [0.2, 0.25) is 17.7 Å². The van der Waals surface area contributed by atoms with E-state index in [-0.39, 0.29) is 25.7 Å². The summed E-state index contributed by atoms with van der Waals surface area (Å²) in [5, 5.41) is 26.0. The summed E-state index contributed by atoms with van der Waals surface area (Å²) in [6.07, 6.45) is 1.63. The van der Waals surface area contributed by atoms with Crippen LogP contribution in [0.25, 0.3) is 0 Å². The van der Waals surface area contributed by atoms with E-state index >= 15 is 0 Å². The molecule has 0 saturated heterocycles. The first-order chi connectivity index (χ1) is 19.1. The monoisotopic (exact) mass is 572 g/mol. The normalized spacial score (nSPS) is 13.8. The maximum Gasteiger partial charge on any atom is 0.326 e. The summed E-state index contributed by atoms with van der Waals surface area (Å²) in [6.45, 7) is 0. The molecule has 0 fully saturated rings. The van der Waals surface area contributed by atoms with E-state index in [0.29, 0.717) is 5.75 Å². The molecular weight excluding hydrogens is 536 g/mol. The van der Waals surface area contributed by atoms with Crippen molar-refractivity contribution in [2.75, 3.05) is 12.0 Å². The molecule has 0 saturated carbocycles. The topological polar surface area (TPSA) is 188 Å². The summed E-state index contributed by atoms with van der Waals surface area (Å²) in [5.74, 6) is -4.04. The predicted octanol–water partition coefficient (Wildman–Crippen LogP) is 0.956. The van der Waals surface area contributed by atoms with Crippen LogP contribution in [0, 0.1) is 0 Å². The Morgan fingerprint density at radius 1 is 0.725 bits per heavy atom. The molecule has 0 aliphatic carbocycles. The molecule has 0 aromatic heterocycles. The van der Waals surface area contributed by atoms with Crippen molar-refractivity contribution in [3.8, 4) is 0 Å². The lowest BCUT2D eigenvalue weighted by Crippen LogP contribution is -2.58. The zero-order valence-corrected chi connectivity index (χ0v) is 23.1. The molecule has 0 spiro atoms. The van der Waals surface area contributed by atoms with Gasteiger partial charge in [-0.15, -0.1) is 0 Å². The molecule has 2 aromatic carbocycles. The van der Waals surface area contributed by atoms with Gasteiger partial charge in [-0.1, -0.05) is 60.7 Å². The predicted molar refractivity (Wildman–Crippen MR) is 152 cm³/mol. The minimum atomic E-state index is -1.44. The maximum atomic E-state index is 13.4. The third-order valence-corrected chi connectivity index (χ3v) is 6.70. The van der Waals surface area contributed by atoms with Crippen LogP contribution in [0.1, 0.15) is 30.4 Å². The lowest BCUT2D eigenvalue weighted by Gasteiger charge is -2.25. The Balaban J connectivity index is 2.18. The first-order valence-corrected chi connectivity index (χ1v) is 14.2. The number of carbonyl (C=O) groups is 5. The number of thioether (sulfide) groups is 1. The first-order valence-electron chi connectivity index (χ1n) is 12.8. The molecule has 0 radical (unpaired) electrons. The second kappa shape index (κ2) is 16.9. The van der Waals surface area contributed by atoms with Gasteiger partial charge in [0, 0.05) is 12.8 Å². The molecule has 0 bridgehead atoms. The number of nitrogens with two attached hydrogens (primary N) is 1. The number of nitrogens with one attached hydrogen (secondary N) is 3. The van der Waals surface area contributed by atoms with Crippen LogP contribution in [-0.2, 0) is 36.8 Å². The number of carboxylic acid groups (broad SMARTS) is 2. The highest BCUT2D eigenvalue weighted by molar-refractivity contribution is 7.98. The Morgan fingerprint density at radius 3 is 1.75 bits per heavy atom. The standard InChI is InChI=1S/C28H36N4O7S/c1-40-15-14-21(26(36)31-22(28(38)39)12-13-24(33)34)30-27(37)23(17-19-10-6-3-7-11-19)32-25(35)20(29)16-18-8-4-2-5-9-18/h2-11,20-23H,12-17,29H2,1H3,(H,30,37)(H,31,36)(H,32,35)(H,33,34)(H,38,39). The van der Waals surface area contributed by atoms with Gasteiger partial charge in [-0.05, 0) is 42.4 Å². The van der Waals surface area contributed by atoms with E-state index in [2.05, 4.69) is 16.0 Å². The molecule has 216 valence electrons. The van der Waals surface area contributed by atoms with Gasteiger partial charge in [0.25, 0.3) is 0 Å². The average Bonchev–Trinajstić information content (AvgIpc) is 2.93. The van der Waals surface area contributed by atoms with Crippen molar-refractivity contribution in [3.63, 3.8) is 0 Å². The fourth-order valence-corrected chi connectivity index (χ4v) is 4.34. The molecule has 40 heavy (non-hydrogen) atoms. The Kier molecular flexibility index (Phi) is 13.7. The molecule has 0 aliphatic rings. The third-order valence-electron chi connectivity index (χ3n) is 6.06. The SMILES string of the molecule is CSCCC(NC(=O)C(Cc1ccccc1)NC(=O)C(N)Cc1ccccc1)C(=O)NC(CCC(=O)O)C(=O)O. The Morgan fingerprint density at radius 2 is 1.23 bits per heavy atom. The highest BCUT2D eigenvalue weighted by Gasteiger charge is 2.30. The van der Waals surface area contributed by atoms with Crippen LogP contribution >= 0.6 is 11.8 Å². The average molecular weight is 573 g/mol. The van der Waals surface area contributed by atoms with E-state index in [0.717, 1.165) is 11.1 Å². The number of carbonyl (C=O) groups excluding carboxylic acids is 3. The first kappa shape index (κ1) is 32.3. The van der Waals surface area contributed by atoms with Crippen LogP contribution in [0.3, 0.4) is 0 Å². The zero-order valence-electron chi connectivity index (χ0n) is 22.2. The van der Waals surface area contributed by atoms with E-state index < -0.39 is 60.2 Å². The molecule has 2 aromatic rings. The minimum Gasteiger partial charge on any atom is -0.481 e. The summed E-state index contributed by atoms with van der Waals surface area (Å²) in [4.78, 5) is 61.9. The van der Waals surface area contributed by atoms with Crippen molar-refractivity contribution in [2.45, 2.75) is 56.3 Å². The zero-order chi connectivity index (χ0) is 29.5. The maximum absolute atomic E-state index is 13.4. The number of aliphatic carboxylic acids is 2. The quantitative estimate of drug-likeness (QED) is 0.160. The smallest absolute Gasteiger partial charge is 0.326 e.